The van der Waals surface area contributed by atoms with Gasteiger partial charge < -0.3 is 24.2 Å². The summed E-state index contributed by atoms with van der Waals surface area (Å²) in [6.45, 7) is 8.95. The maximum atomic E-state index is 13.2. The van der Waals surface area contributed by atoms with Crippen molar-refractivity contribution in [1.82, 2.24) is 4.90 Å². The quantitative estimate of drug-likeness (QED) is 0.334. The van der Waals surface area contributed by atoms with Crippen LogP contribution in [0.1, 0.15) is 42.1 Å². The van der Waals surface area contributed by atoms with Crippen LogP contribution in [0.25, 0.3) is 5.76 Å². The SMILES string of the molecule is COCCN1C(=O)C(=O)/C(=C(/O)c2cc(C)cc(C)c2OC)C1c1ccc(OCC(C)C)cc1. The van der Waals surface area contributed by atoms with Crippen LogP contribution < -0.4 is 9.47 Å². The highest BCUT2D eigenvalue weighted by Crippen LogP contribution is 2.42. The van der Waals surface area contributed by atoms with Gasteiger partial charge in [-0.15, -0.1) is 0 Å². The standard InChI is InChI=1S/C27H33NO6/c1-16(2)15-34-20-9-7-19(8-10-20)23-22(25(30)27(31)28(23)11-12-32-5)24(29)21-14-17(3)13-18(4)26(21)33-6/h7-10,13-14,16,23,29H,11-12,15H2,1-6H3/b24-22+. The zero-order valence-electron chi connectivity index (χ0n) is 20.7. The summed E-state index contributed by atoms with van der Waals surface area (Å²) >= 11 is 0. The van der Waals surface area contributed by atoms with Crippen molar-refractivity contribution in [2.24, 2.45) is 5.92 Å². The number of rotatable bonds is 9. The average molecular weight is 468 g/mol. The van der Waals surface area contributed by atoms with Crippen LogP contribution in [0, 0.1) is 19.8 Å². The number of nitrogens with zero attached hydrogens (tertiary/aromatic N) is 1. The number of Topliss-reactive ketones (excluding diaryl/α,β-unsaturated/α-hetero) is 1. The first kappa shape index (κ1) is 25.3. The number of aliphatic hydroxyl groups excluding tert-OH is 1. The van der Waals surface area contributed by atoms with Crippen molar-refractivity contribution in [3.05, 3.63) is 64.2 Å². The van der Waals surface area contributed by atoms with Gasteiger partial charge >= 0.3 is 0 Å². The van der Waals surface area contributed by atoms with Gasteiger partial charge in [-0.3, -0.25) is 9.59 Å². The summed E-state index contributed by atoms with van der Waals surface area (Å²) in [5.41, 5.74) is 2.82. The molecule has 2 aromatic carbocycles. The number of aryl methyl sites for hydroxylation is 2. The number of amides is 1. The minimum Gasteiger partial charge on any atom is -0.507 e. The summed E-state index contributed by atoms with van der Waals surface area (Å²) in [5, 5.41) is 11.4. The Labute approximate surface area is 200 Å². The third-order valence-corrected chi connectivity index (χ3v) is 5.73. The third kappa shape index (κ3) is 5.09. The molecule has 182 valence electrons. The summed E-state index contributed by atoms with van der Waals surface area (Å²) in [6.07, 6.45) is 0. The van der Waals surface area contributed by atoms with Crippen LogP contribution in [0.15, 0.2) is 42.0 Å². The van der Waals surface area contributed by atoms with E-state index in [0.29, 0.717) is 35.2 Å². The van der Waals surface area contributed by atoms with Gasteiger partial charge in [0.05, 0.1) is 37.5 Å². The monoisotopic (exact) mass is 467 g/mol. The van der Waals surface area contributed by atoms with E-state index in [1.807, 2.05) is 44.2 Å². The third-order valence-electron chi connectivity index (χ3n) is 5.73. The lowest BCUT2D eigenvalue weighted by atomic mass is 9.93. The van der Waals surface area contributed by atoms with Crippen LogP contribution in [0.5, 0.6) is 11.5 Å². The molecule has 2 aromatic rings. The highest BCUT2D eigenvalue weighted by molar-refractivity contribution is 6.46. The van der Waals surface area contributed by atoms with E-state index in [4.69, 9.17) is 14.2 Å². The van der Waals surface area contributed by atoms with E-state index in [-0.39, 0.29) is 24.5 Å². The van der Waals surface area contributed by atoms with Crippen LogP contribution in [-0.4, -0.2) is 55.7 Å². The first-order valence-corrected chi connectivity index (χ1v) is 11.3. The Hall–Kier alpha value is -3.32. The Morgan fingerprint density at radius 3 is 2.35 bits per heavy atom. The first-order valence-electron chi connectivity index (χ1n) is 11.3. The predicted molar refractivity (Wildman–Crippen MR) is 130 cm³/mol. The fourth-order valence-electron chi connectivity index (χ4n) is 4.20. The number of methoxy groups -OCH3 is 2. The topological polar surface area (TPSA) is 85.3 Å². The van der Waals surface area contributed by atoms with Crippen molar-refractivity contribution >= 4 is 17.4 Å². The number of likely N-dealkylation sites (tertiary alicyclic amines) is 1. The van der Waals surface area contributed by atoms with E-state index in [1.54, 1.807) is 6.07 Å². The summed E-state index contributed by atoms with van der Waals surface area (Å²) < 4.78 is 16.5. The maximum absolute atomic E-state index is 13.2. The maximum Gasteiger partial charge on any atom is 0.295 e. The predicted octanol–water partition coefficient (Wildman–Crippen LogP) is 4.41. The average Bonchev–Trinajstić information content (AvgIpc) is 3.05. The second-order valence-electron chi connectivity index (χ2n) is 8.92. The molecule has 0 saturated carbocycles. The fourth-order valence-corrected chi connectivity index (χ4v) is 4.20. The van der Waals surface area contributed by atoms with E-state index >= 15 is 0 Å². The minimum absolute atomic E-state index is 0.0280. The lowest BCUT2D eigenvalue weighted by molar-refractivity contribution is -0.140. The van der Waals surface area contributed by atoms with Gasteiger partial charge in [-0.25, -0.2) is 0 Å². The largest absolute Gasteiger partial charge is 0.507 e. The molecule has 7 nitrogen and oxygen atoms in total. The molecular weight excluding hydrogens is 434 g/mol. The molecule has 1 aliphatic heterocycles. The summed E-state index contributed by atoms with van der Waals surface area (Å²) in [4.78, 5) is 27.6. The van der Waals surface area contributed by atoms with Crippen LogP contribution in [-0.2, 0) is 14.3 Å². The molecule has 0 radical (unpaired) electrons. The summed E-state index contributed by atoms with van der Waals surface area (Å²) in [7, 11) is 3.05. The smallest absolute Gasteiger partial charge is 0.295 e. The Bertz CT molecular complexity index is 1090. The van der Waals surface area contributed by atoms with E-state index in [2.05, 4.69) is 13.8 Å². The van der Waals surface area contributed by atoms with Gasteiger partial charge in [0.1, 0.15) is 17.3 Å². The number of hydrogen-bond acceptors (Lipinski definition) is 6. The molecule has 3 rings (SSSR count). The van der Waals surface area contributed by atoms with Gasteiger partial charge in [-0.05, 0) is 54.7 Å². The van der Waals surface area contributed by atoms with Crippen molar-refractivity contribution in [2.45, 2.75) is 33.7 Å². The molecule has 0 aliphatic carbocycles. The van der Waals surface area contributed by atoms with Crippen molar-refractivity contribution in [2.75, 3.05) is 34.0 Å². The summed E-state index contributed by atoms with van der Waals surface area (Å²) in [6, 6.07) is 10.2. The molecule has 0 bridgehead atoms. The van der Waals surface area contributed by atoms with Crippen LogP contribution in [0.4, 0.5) is 0 Å². The van der Waals surface area contributed by atoms with Gasteiger partial charge in [0, 0.05) is 13.7 Å². The molecule has 1 atom stereocenters. The molecule has 1 aliphatic rings. The second kappa shape index (κ2) is 10.7. The molecule has 1 unspecified atom stereocenters. The molecule has 34 heavy (non-hydrogen) atoms. The molecular formula is C27H33NO6. The molecule has 1 amide bonds. The van der Waals surface area contributed by atoms with Crippen LogP contribution >= 0.6 is 0 Å². The zero-order valence-corrected chi connectivity index (χ0v) is 20.7. The van der Waals surface area contributed by atoms with E-state index in [0.717, 1.165) is 11.1 Å². The number of carbonyl (C=O) groups is 2. The number of carbonyl (C=O) groups excluding carboxylic acids is 2. The Morgan fingerprint density at radius 2 is 1.76 bits per heavy atom. The van der Waals surface area contributed by atoms with Gasteiger partial charge in [0.15, 0.2) is 0 Å². The van der Waals surface area contributed by atoms with Gasteiger partial charge in [0.2, 0.25) is 0 Å². The lowest BCUT2D eigenvalue weighted by Gasteiger charge is -2.25. The van der Waals surface area contributed by atoms with Crippen LogP contribution in [0.3, 0.4) is 0 Å². The molecule has 0 spiro atoms. The molecule has 7 heteroatoms. The van der Waals surface area contributed by atoms with Crippen molar-refractivity contribution in [1.29, 1.82) is 0 Å². The highest BCUT2D eigenvalue weighted by Gasteiger charge is 2.46. The van der Waals surface area contributed by atoms with E-state index in [1.165, 1.54) is 19.1 Å². The molecule has 1 saturated heterocycles. The molecule has 1 heterocycles. The van der Waals surface area contributed by atoms with E-state index in [9.17, 15) is 14.7 Å². The Balaban J connectivity index is 2.14. The van der Waals surface area contributed by atoms with Crippen molar-refractivity contribution in [3.8, 4) is 11.5 Å². The Kier molecular flexibility index (Phi) is 7.99. The number of ketones is 1. The van der Waals surface area contributed by atoms with Crippen molar-refractivity contribution < 1.29 is 28.9 Å². The molecule has 1 N–H and O–H groups in total. The molecule has 1 fully saturated rings. The van der Waals surface area contributed by atoms with Gasteiger partial charge in [-0.1, -0.05) is 32.0 Å². The van der Waals surface area contributed by atoms with E-state index < -0.39 is 17.7 Å². The van der Waals surface area contributed by atoms with Gasteiger partial charge in [-0.2, -0.15) is 0 Å². The zero-order chi connectivity index (χ0) is 25.0. The minimum atomic E-state index is -0.764. The lowest BCUT2D eigenvalue weighted by Crippen LogP contribution is -2.32. The highest BCUT2D eigenvalue weighted by atomic mass is 16.5. The fraction of sp³-hybridized carbons (Fsp3) is 0.407. The number of hydrogen-bond donors (Lipinski definition) is 1. The number of ether oxygens (including phenoxy) is 3. The van der Waals surface area contributed by atoms with Crippen LogP contribution in [0.2, 0.25) is 0 Å². The first-order chi connectivity index (χ1) is 16.2. The summed E-state index contributed by atoms with van der Waals surface area (Å²) in [5.74, 6) is -0.128. The van der Waals surface area contributed by atoms with Crippen molar-refractivity contribution in [3.63, 3.8) is 0 Å². The number of aliphatic hydroxyl groups is 1. The van der Waals surface area contributed by atoms with Gasteiger partial charge in [0.25, 0.3) is 11.7 Å². The second-order valence-corrected chi connectivity index (χ2v) is 8.92. The normalized spacial score (nSPS) is 17.5. The number of benzene rings is 2. The molecule has 0 aromatic heterocycles. The Morgan fingerprint density at radius 1 is 1.09 bits per heavy atom.